The molecule has 2 N–H and O–H groups in total. The van der Waals surface area contributed by atoms with Gasteiger partial charge in [-0.05, 0) is 6.07 Å². The van der Waals surface area contributed by atoms with Crippen molar-refractivity contribution in [2.75, 3.05) is 0 Å². The van der Waals surface area contributed by atoms with Gasteiger partial charge in [-0.15, -0.1) is 5.10 Å². The third-order valence-electron chi connectivity index (χ3n) is 2.20. The van der Waals surface area contributed by atoms with Crippen LogP contribution < -0.4 is 5.73 Å². The molecule has 0 aromatic carbocycles. The molecule has 16 heavy (non-hydrogen) atoms. The van der Waals surface area contributed by atoms with Gasteiger partial charge >= 0.3 is 0 Å². The molecule has 0 aliphatic rings. The minimum absolute atomic E-state index is 0.432. The van der Waals surface area contributed by atoms with Gasteiger partial charge in [0.15, 0.2) is 0 Å². The molecule has 2 rings (SSSR count). The lowest BCUT2D eigenvalue weighted by atomic mass is 10.1. The molecule has 0 aliphatic carbocycles. The maximum Gasteiger partial charge on any atom is 0.0928 e. The second-order valence-corrected chi connectivity index (χ2v) is 4.12. The van der Waals surface area contributed by atoms with Crippen molar-refractivity contribution in [1.82, 2.24) is 20.0 Å². The van der Waals surface area contributed by atoms with Crippen molar-refractivity contribution >= 4 is 23.2 Å². The van der Waals surface area contributed by atoms with E-state index in [0.717, 1.165) is 5.69 Å². The van der Waals surface area contributed by atoms with Crippen molar-refractivity contribution in [1.29, 1.82) is 0 Å². The lowest BCUT2D eigenvalue weighted by molar-refractivity contribution is 0.644. The van der Waals surface area contributed by atoms with E-state index in [-0.39, 0.29) is 0 Å². The molecule has 2 aromatic rings. The Labute approximate surface area is 102 Å². The number of nitrogens with zero attached hydrogens (tertiary/aromatic N) is 4. The van der Waals surface area contributed by atoms with Gasteiger partial charge in [0.25, 0.3) is 0 Å². The Bertz CT molecular complexity index is 510. The van der Waals surface area contributed by atoms with Crippen LogP contribution in [0.25, 0.3) is 0 Å². The second kappa shape index (κ2) is 4.37. The molecule has 0 radical (unpaired) electrons. The summed E-state index contributed by atoms with van der Waals surface area (Å²) in [7, 11) is 1.76. The molecule has 7 heteroatoms. The largest absolute Gasteiger partial charge is 0.318 e. The summed E-state index contributed by atoms with van der Waals surface area (Å²) in [5.74, 6) is 0. The van der Waals surface area contributed by atoms with Crippen molar-refractivity contribution < 1.29 is 0 Å². The Kier molecular flexibility index (Phi) is 3.09. The normalized spacial score (nSPS) is 12.8. The van der Waals surface area contributed by atoms with E-state index >= 15 is 0 Å². The molecule has 84 valence electrons. The van der Waals surface area contributed by atoms with Crippen molar-refractivity contribution in [3.8, 4) is 0 Å². The van der Waals surface area contributed by atoms with Crippen LogP contribution in [-0.4, -0.2) is 20.0 Å². The molecule has 1 atom stereocenters. The first-order valence-corrected chi connectivity index (χ1v) is 5.26. The molecule has 0 aliphatic heterocycles. The molecule has 5 nitrogen and oxygen atoms in total. The lowest BCUT2D eigenvalue weighted by Gasteiger charge is -2.12. The maximum absolute atomic E-state index is 6.02. The Morgan fingerprint density at radius 1 is 1.38 bits per heavy atom. The van der Waals surface area contributed by atoms with Crippen LogP contribution in [0.2, 0.25) is 10.0 Å². The van der Waals surface area contributed by atoms with Crippen LogP contribution in [0.4, 0.5) is 0 Å². The molecule has 1 unspecified atom stereocenters. The van der Waals surface area contributed by atoms with Crippen molar-refractivity contribution in [2.45, 2.75) is 6.04 Å². The van der Waals surface area contributed by atoms with E-state index in [1.54, 1.807) is 24.0 Å². The molecule has 0 fully saturated rings. The molecule has 2 aromatic heterocycles. The van der Waals surface area contributed by atoms with Crippen LogP contribution in [0, 0.1) is 0 Å². The van der Waals surface area contributed by atoms with Gasteiger partial charge in [-0.3, -0.25) is 9.67 Å². The van der Waals surface area contributed by atoms with Crippen LogP contribution >= 0.6 is 23.2 Å². The topological polar surface area (TPSA) is 69.6 Å². The Morgan fingerprint density at radius 2 is 2.12 bits per heavy atom. The minimum Gasteiger partial charge on any atom is -0.318 e. The fraction of sp³-hybridized carbons (Fsp3) is 0.222. The second-order valence-electron chi connectivity index (χ2n) is 3.28. The summed E-state index contributed by atoms with van der Waals surface area (Å²) in [5, 5.41) is 8.46. The van der Waals surface area contributed by atoms with Gasteiger partial charge in [0.05, 0.1) is 33.7 Å². The van der Waals surface area contributed by atoms with Gasteiger partial charge in [-0.2, -0.15) is 0 Å². The maximum atomic E-state index is 6.02. The monoisotopic (exact) mass is 257 g/mol. The number of aromatic nitrogens is 4. The molecular formula is C9H9Cl2N5. The third kappa shape index (κ3) is 2.02. The molecule has 2 heterocycles. The van der Waals surface area contributed by atoms with E-state index in [9.17, 15) is 0 Å². The minimum atomic E-state index is -0.468. The van der Waals surface area contributed by atoms with Gasteiger partial charge in [0, 0.05) is 13.2 Å². The lowest BCUT2D eigenvalue weighted by Crippen LogP contribution is -2.17. The van der Waals surface area contributed by atoms with E-state index in [1.165, 1.54) is 6.20 Å². The van der Waals surface area contributed by atoms with Gasteiger partial charge in [-0.1, -0.05) is 28.4 Å². The Balaban J connectivity index is 2.41. The number of aryl methyl sites for hydroxylation is 1. The average molecular weight is 258 g/mol. The number of halogens is 2. The van der Waals surface area contributed by atoms with Crippen LogP contribution in [0.5, 0.6) is 0 Å². The summed E-state index contributed by atoms with van der Waals surface area (Å²) >= 11 is 11.8. The van der Waals surface area contributed by atoms with Crippen LogP contribution in [0.3, 0.4) is 0 Å². The van der Waals surface area contributed by atoms with E-state index in [1.807, 2.05) is 0 Å². The highest BCUT2D eigenvalue weighted by Gasteiger charge is 2.17. The third-order valence-corrected chi connectivity index (χ3v) is 2.71. The number of hydrogen-bond acceptors (Lipinski definition) is 4. The highest BCUT2D eigenvalue weighted by molar-refractivity contribution is 6.34. The van der Waals surface area contributed by atoms with Gasteiger partial charge < -0.3 is 5.73 Å². The zero-order valence-electron chi connectivity index (χ0n) is 8.43. The highest BCUT2D eigenvalue weighted by atomic mass is 35.5. The van der Waals surface area contributed by atoms with E-state index in [0.29, 0.717) is 15.7 Å². The predicted molar refractivity (Wildman–Crippen MR) is 61.3 cm³/mol. The zero-order valence-corrected chi connectivity index (χ0v) is 9.94. The average Bonchev–Trinajstić information content (AvgIpc) is 2.63. The molecule has 0 spiro atoms. The number of hydrogen-bond donors (Lipinski definition) is 1. The van der Waals surface area contributed by atoms with Crippen LogP contribution in [0.15, 0.2) is 18.5 Å². The van der Waals surface area contributed by atoms with E-state index in [4.69, 9.17) is 28.9 Å². The number of nitrogens with two attached hydrogens (primary N) is 1. The summed E-state index contributed by atoms with van der Waals surface area (Å²) < 4.78 is 1.58. The fourth-order valence-corrected chi connectivity index (χ4v) is 1.87. The van der Waals surface area contributed by atoms with Gasteiger partial charge in [-0.25, -0.2) is 0 Å². The van der Waals surface area contributed by atoms with Gasteiger partial charge in [0.1, 0.15) is 0 Å². The first-order valence-electron chi connectivity index (χ1n) is 4.50. The first-order chi connectivity index (χ1) is 7.59. The smallest absolute Gasteiger partial charge is 0.0928 e. The predicted octanol–water partition coefficient (Wildman–Crippen LogP) is 1.56. The summed E-state index contributed by atoms with van der Waals surface area (Å²) in [6, 6.07) is 1.14. The fourth-order valence-electron chi connectivity index (χ4n) is 1.37. The summed E-state index contributed by atoms with van der Waals surface area (Å²) in [4.78, 5) is 4.12. The quantitative estimate of drug-likeness (QED) is 0.887. The van der Waals surface area contributed by atoms with Crippen molar-refractivity contribution in [2.24, 2.45) is 12.8 Å². The van der Waals surface area contributed by atoms with Crippen LogP contribution in [0.1, 0.15) is 17.4 Å². The number of pyridine rings is 1. The Morgan fingerprint density at radius 3 is 2.69 bits per heavy atom. The molecule has 0 bridgehead atoms. The molecular weight excluding hydrogens is 249 g/mol. The Hall–Kier alpha value is -1.17. The van der Waals surface area contributed by atoms with Gasteiger partial charge in [0.2, 0.25) is 0 Å². The standard InChI is InChI=1S/C9H9Cl2N5/c1-16-7(4-14-15-16)8(12)9-6(11)2-5(10)3-13-9/h2-4,8H,12H2,1H3. The zero-order chi connectivity index (χ0) is 11.7. The first kappa shape index (κ1) is 11.3. The van der Waals surface area contributed by atoms with E-state index in [2.05, 4.69) is 15.3 Å². The summed E-state index contributed by atoms with van der Waals surface area (Å²) in [6.07, 6.45) is 3.09. The van der Waals surface area contributed by atoms with Crippen molar-refractivity contribution in [3.63, 3.8) is 0 Å². The summed E-state index contributed by atoms with van der Waals surface area (Å²) in [5.41, 5.74) is 7.31. The summed E-state index contributed by atoms with van der Waals surface area (Å²) in [6.45, 7) is 0. The SMILES string of the molecule is Cn1nncc1C(N)c1ncc(Cl)cc1Cl. The number of rotatable bonds is 2. The van der Waals surface area contributed by atoms with Crippen molar-refractivity contribution in [3.05, 3.63) is 39.9 Å². The van der Waals surface area contributed by atoms with Crippen LogP contribution in [-0.2, 0) is 7.05 Å². The van der Waals surface area contributed by atoms with E-state index < -0.39 is 6.04 Å². The molecule has 0 saturated heterocycles. The highest BCUT2D eigenvalue weighted by Crippen LogP contribution is 2.25. The molecule has 0 saturated carbocycles. The molecule has 0 amide bonds.